The largest absolute Gasteiger partial charge is 0.496 e. The third-order valence-corrected chi connectivity index (χ3v) is 6.33. The average molecular weight is 554 g/mol. The maximum atomic E-state index is 12.7. The number of nitrogens with zero attached hydrogens (tertiary/aromatic N) is 3. The van der Waals surface area contributed by atoms with Crippen LogP contribution in [0.1, 0.15) is 5.56 Å². The Balaban J connectivity index is 1.90. The van der Waals surface area contributed by atoms with Gasteiger partial charge in [-0.05, 0) is 42.0 Å². The van der Waals surface area contributed by atoms with Crippen LogP contribution in [0, 0.1) is 31.6 Å². The van der Waals surface area contributed by atoms with E-state index in [1.165, 1.54) is 50.6 Å². The lowest BCUT2D eigenvalue weighted by Gasteiger charge is -2.12. The molecule has 0 bridgehead atoms. The van der Waals surface area contributed by atoms with Crippen molar-refractivity contribution < 1.29 is 36.7 Å². The number of methoxy groups -OCH3 is 2. The molecule has 0 aromatic heterocycles. The Hall–Kier alpha value is -5.49. The number of benzene rings is 3. The molecule has 39 heavy (non-hydrogen) atoms. The SMILES string of the molecule is COc1ccc(NC(=O)/C(C#N)=C/c2ccc(OS(=O)(=O)c3ccccc3[N+](=O)[O-])c(OC)c2)c([N+](=O)[O-])c1. The molecule has 3 rings (SSSR count). The number of nitro benzene ring substituents is 2. The summed E-state index contributed by atoms with van der Waals surface area (Å²) >= 11 is 0. The van der Waals surface area contributed by atoms with Gasteiger partial charge in [0.1, 0.15) is 23.1 Å². The fourth-order valence-electron chi connectivity index (χ4n) is 3.23. The van der Waals surface area contributed by atoms with Crippen LogP contribution in [0.3, 0.4) is 0 Å². The van der Waals surface area contributed by atoms with Crippen LogP contribution in [0.15, 0.2) is 71.1 Å². The van der Waals surface area contributed by atoms with Crippen molar-refractivity contribution in [3.05, 3.63) is 92.0 Å². The molecule has 0 radical (unpaired) electrons. The smallest absolute Gasteiger partial charge is 0.346 e. The maximum Gasteiger partial charge on any atom is 0.346 e. The van der Waals surface area contributed by atoms with Crippen molar-refractivity contribution in [3.63, 3.8) is 0 Å². The Morgan fingerprint density at radius 3 is 2.26 bits per heavy atom. The van der Waals surface area contributed by atoms with Crippen LogP contribution in [-0.2, 0) is 14.9 Å². The van der Waals surface area contributed by atoms with E-state index in [-0.39, 0.29) is 28.5 Å². The highest BCUT2D eigenvalue weighted by molar-refractivity contribution is 7.87. The highest BCUT2D eigenvalue weighted by Crippen LogP contribution is 2.34. The highest BCUT2D eigenvalue weighted by Gasteiger charge is 2.28. The minimum atomic E-state index is -4.64. The molecule has 0 heterocycles. The van der Waals surface area contributed by atoms with Gasteiger partial charge in [0.2, 0.25) is 0 Å². The van der Waals surface area contributed by atoms with Crippen LogP contribution in [0.5, 0.6) is 17.2 Å². The van der Waals surface area contributed by atoms with Crippen LogP contribution in [0.4, 0.5) is 17.1 Å². The van der Waals surface area contributed by atoms with Crippen molar-refractivity contribution in [1.29, 1.82) is 5.26 Å². The number of nitro groups is 2. The van der Waals surface area contributed by atoms with E-state index in [0.717, 1.165) is 30.3 Å². The first-order valence-electron chi connectivity index (χ1n) is 10.6. The zero-order valence-corrected chi connectivity index (χ0v) is 21.0. The van der Waals surface area contributed by atoms with Crippen molar-refractivity contribution in [1.82, 2.24) is 0 Å². The summed E-state index contributed by atoms with van der Waals surface area (Å²) in [5.41, 5.74) is -1.55. The number of carbonyl (C=O) groups is 1. The van der Waals surface area contributed by atoms with E-state index in [0.29, 0.717) is 0 Å². The second-order valence-corrected chi connectivity index (χ2v) is 8.95. The first-order chi connectivity index (χ1) is 18.5. The summed E-state index contributed by atoms with van der Waals surface area (Å²) in [7, 11) is -2.12. The van der Waals surface area contributed by atoms with Gasteiger partial charge in [0.15, 0.2) is 16.4 Å². The number of nitriles is 1. The first kappa shape index (κ1) is 28.1. The molecular formula is C24H18N4O10S. The lowest BCUT2D eigenvalue weighted by molar-refractivity contribution is -0.387. The molecule has 0 aliphatic carbocycles. The van der Waals surface area contributed by atoms with Crippen molar-refractivity contribution in [2.45, 2.75) is 4.90 Å². The standard InChI is InChI=1S/C24H18N4O10S/c1-36-17-8-9-18(20(13-17)28(32)33)26-24(29)16(14-25)11-15-7-10-21(22(12-15)37-2)38-39(34,35)23-6-4-3-5-19(23)27(30)31/h3-13H,1-2H3,(H,26,29)/b16-11+. The number of hydrogen-bond donors (Lipinski definition) is 1. The van der Waals surface area contributed by atoms with Crippen LogP contribution in [0.2, 0.25) is 0 Å². The third-order valence-electron chi connectivity index (χ3n) is 5.04. The summed E-state index contributed by atoms with van der Waals surface area (Å²) < 4.78 is 40.6. The number of hydrogen-bond acceptors (Lipinski definition) is 11. The molecule has 0 unspecified atom stereocenters. The molecule has 1 amide bonds. The van der Waals surface area contributed by atoms with E-state index in [9.17, 15) is 38.7 Å². The fourth-order valence-corrected chi connectivity index (χ4v) is 4.33. The van der Waals surface area contributed by atoms with Gasteiger partial charge in [-0.1, -0.05) is 18.2 Å². The Kier molecular flexibility index (Phi) is 8.43. The third kappa shape index (κ3) is 6.45. The molecule has 15 heteroatoms. The number of ether oxygens (including phenoxy) is 2. The molecule has 0 saturated carbocycles. The molecule has 0 spiro atoms. The maximum absolute atomic E-state index is 12.7. The zero-order valence-electron chi connectivity index (χ0n) is 20.2. The summed E-state index contributed by atoms with van der Waals surface area (Å²) in [5.74, 6) is -1.21. The molecule has 3 aromatic rings. The molecule has 200 valence electrons. The van der Waals surface area contributed by atoms with Crippen molar-refractivity contribution in [3.8, 4) is 23.3 Å². The molecule has 0 fully saturated rings. The van der Waals surface area contributed by atoms with Gasteiger partial charge in [0.25, 0.3) is 17.3 Å². The lowest BCUT2D eigenvalue weighted by atomic mass is 10.1. The predicted octanol–water partition coefficient (Wildman–Crippen LogP) is 3.83. The van der Waals surface area contributed by atoms with Gasteiger partial charge in [-0.3, -0.25) is 25.0 Å². The Bertz CT molecular complexity index is 1640. The van der Waals surface area contributed by atoms with Crippen LogP contribution < -0.4 is 19.0 Å². The minimum absolute atomic E-state index is 0.130. The van der Waals surface area contributed by atoms with Crippen LogP contribution in [-0.4, -0.2) is 38.4 Å². The van der Waals surface area contributed by atoms with Gasteiger partial charge in [-0.15, -0.1) is 0 Å². The summed E-state index contributed by atoms with van der Waals surface area (Å²) in [4.78, 5) is 33.0. The van der Waals surface area contributed by atoms with Gasteiger partial charge >= 0.3 is 10.1 Å². The molecule has 0 saturated heterocycles. The number of rotatable bonds is 10. The number of para-hydroxylation sites is 1. The molecular weight excluding hydrogens is 536 g/mol. The van der Waals surface area contributed by atoms with Crippen molar-refractivity contribution >= 4 is 39.2 Å². The summed E-state index contributed by atoms with van der Waals surface area (Å²) in [6, 6.07) is 13.8. The monoisotopic (exact) mass is 554 g/mol. The quantitative estimate of drug-likeness (QED) is 0.125. The highest BCUT2D eigenvalue weighted by atomic mass is 32.2. The zero-order chi connectivity index (χ0) is 28.7. The Labute approximate surface area is 221 Å². The van der Waals surface area contributed by atoms with Crippen molar-refractivity contribution in [2.75, 3.05) is 19.5 Å². The van der Waals surface area contributed by atoms with E-state index in [4.69, 9.17) is 13.7 Å². The summed E-state index contributed by atoms with van der Waals surface area (Å²) in [5, 5.41) is 34.4. The topological polar surface area (TPSA) is 201 Å². The Morgan fingerprint density at radius 2 is 1.64 bits per heavy atom. The number of anilines is 1. The predicted molar refractivity (Wildman–Crippen MR) is 136 cm³/mol. The molecule has 3 aromatic carbocycles. The molecule has 0 aliphatic rings. The molecule has 0 atom stereocenters. The van der Waals surface area contributed by atoms with Crippen LogP contribution >= 0.6 is 0 Å². The van der Waals surface area contributed by atoms with E-state index in [2.05, 4.69) is 5.32 Å². The second kappa shape index (κ2) is 11.7. The van der Waals surface area contributed by atoms with Gasteiger partial charge in [0, 0.05) is 6.07 Å². The summed E-state index contributed by atoms with van der Waals surface area (Å²) in [6.45, 7) is 0. The summed E-state index contributed by atoms with van der Waals surface area (Å²) in [6.07, 6.45) is 1.13. The number of amides is 1. The lowest BCUT2D eigenvalue weighted by Crippen LogP contribution is -2.14. The molecule has 14 nitrogen and oxygen atoms in total. The minimum Gasteiger partial charge on any atom is -0.496 e. The molecule has 1 N–H and O–H groups in total. The van der Waals surface area contributed by atoms with Gasteiger partial charge in [-0.25, -0.2) is 0 Å². The van der Waals surface area contributed by atoms with Crippen molar-refractivity contribution in [2.24, 2.45) is 0 Å². The normalized spacial score (nSPS) is 11.2. The first-order valence-corrected chi connectivity index (χ1v) is 12.0. The van der Waals surface area contributed by atoms with E-state index in [1.54, 1.807) is 6.07 Å². The van der Waals surface area contributed by atoms with Gasteiger partial charge < -0.3 is 19.0 Å². The van der Waals surface area contributed by atoms with Crippen LogP contribution in [0.25, 0.3) is 6.08 Å². The van der Waals surface area contributed by atoms with E-state index < -0.39 is 47.7 Å². The Morgan fingerprint density at radius 1 is 0.949 bits per heavy atom. The molecule has 0 aliphatic heterocycles. The second-order valence-electron chi connectivity index (χ2n) is 7.44. The number of carbonyl (C=O) groups excluding carboxylic acids is 1. The van der Waals surface area contributed by atoms with Gasteiger partial charge in [0.05, 0.1) is 30.1 Å². The van der Waals surface area contributed by atoms with Gasteiger partial charge in [-0.2, -0.15) is 13.7 Å². The number of nitrogens with one attached hydrogen (secondary N) is 1. The average Bonchev–Trinajstić information content (AvgIpc) is 2.92. The van der Waals surface area contributed by atoms with E-state index in [1.807, 2.05) is 0 Å². The van der Waals surface area contributed by atoms with E-state index >= 15 is 0 Å². The fraction of sp³-hybridized carbons (Fsp3) is 0.0833.